The molecule has 0 aromatic heterocycles. The second-order valence-electron chi connectivity index (χ2n) is 30.9. The van der Waals surface area contributed by atoms with Crippen LogP contribution in [0.5, 0.6) is 0 Å². The predicted octanol–water partition coefficient (Wildman–Crippen LogP) is 24.5. The first-order chi connectivity index (χ1) is 48.7. The molecule has 2 unspecified atom stereocenters. The molecular weight excluding hydrogens is 1320 g/mol. The van der Waals surface area contributed by atoms with E-state index < -0.39 is 97.5 Å². The summed E-state index contributed by atoms with van der Waals surface area (Å²) in [4.78, 5) is 73.1. The normalized spacial score (nSPS) is 14.0. The van der Waals surface area contributed by atoms with Gasteiger partial charge < -0.3 is 33.8 Å². The first-order valence-corrected chi connectivity index (χ1v) is 45.3. The lowest BCUT2D eigenvalue weighted by molar-refractivity contribution is -0.161. The summed E-state index contributed by atoms with van der Waals surface area (Å²) < 4.78 is 68.8. The number of hydrogen-bond donors (Lipinski definition) is 3. The number of aliphatic hydroxyl groups excluding tert-OH is 1. The molecule has 0 amide bonds. The third-order valence-electron chi connectivity index (χ3n) is 19.1. The van der Waals surface area contributed by atoms with Crippen molar-refractivity contribution in [3.8, 4) is 0 Å². The maximum Gasteiger partial charge on any atom is 0.472 e. The molecule has 0 aliphatic rings. The van der Waals surface area contributed by atoms with Gasteiger partial charge in [0.2, 0.25) is 0 Å². The molecule has 0 saturated heterocycles. The van der Waals surface area contributed by atoms with Gasteiger partial charge in [-0.05, 0) is 43.4 Å². The van der Waals surface area contributed by atoms with Crippen molar-refractivity contribution in [2.24, 2.45) is 17.8 Å². The van der Waals surface area contributed by atoms with Gasteiger partial charge in [-0.2, -0.15) is 0 Å². The van der Waals surface area contributed by atoms with E-state index in [2.05, 4.69) is 48.5 Å². The molecular formula is C82H160O17P2. The molecule has 600 valence electrons. The van der Waals surface area contributed by atoms with E-state index in [9.17, 15) is 43.2 Å². The van der Waals surface area contributed by atoms with E-state index in [0.29, 0.717) is 25.7 Å². The lowest BCUT2D eigenvalue weighted by atomic mass is 10.0. The van der Waals surface area contributed by atoms with Gasteiger partial charge in [0.05, 0.1) is 26.4 Å². The molecule has 17 nitrogen and oxygen atoms in total. The molecule has 0 fully saturated rings. The van der Waals surface area contributed by atoms with Crippen molar-refractivity contribution in [1.82, 2.24) is 0 Å². The van der Waals surface area contributed by atoms with Crippen molar-refractivity contribution in [2.45, 2.75) is 446 Å². The molecule has 0 heterocycles. The monoisotopic (exact) mass is 1480 g/mol. The second kappa shape index (κ2) is 72.3. The van der Waals surface area contributed by atoms with Crippen LogP contribution in [-0.2, 0) is 65.4 Å². The number of carbonyl (C=O) groups is 4. The minimum atomic E-state index is -4.96. The van der Waals surface area contributed by atoms with Crippen LogP contribution in [0.1, 0.15) is 427 Å². The minimum Gasteiger partial charge on any atom is -0.462 e. The third kappa shape index (κ3) is 76.1. The highest BCUT2D eigenvalue weighted by molar-refractivity contribution is 7.47. The quantitative estimate of drug-likeness (QED) is 0.0222. The zero-order chi connectivity index (χ0) is 74.4. The molecule has 0 saturated carbocycles. The van der Waals surface area contributed by atoms with E-state index in [0.717, 1.165) is 108 Å². The SMILES string of the molecule is CCCCCCCCCCCCC(=O)OC[C@H](COP(=O)(O)OC[C@H](O)COP(=O)(O)OC[C@@H](COC(=O)CCCCCCCCCCCCCCCCC(C)C)OC(=O)CCCCCCCCCCCCCCCCCCC(C)C)OC(=O)CCCCCCCCCCCCCCC(C)C. The van der Waals surface area contributed by atoms with Crippen LogP contribution in [0.4, 0.5) is 0 Å². The molecule has 101 heavy (non-hydrogen) atoms. The van der Waals surface area contributed by atoms with E-state index in [-0.39, 0.29) is 25.7 Å². The Labute approximate surface area is 619 Å². The van der Waals surface area contributed by atoms with Crippen molar-refractivity contribution in [2.75, 3.05) is 39.6 Å². The van der Waals surface area contributed by atoms with Crippen molar-refractivity contribution in [3.63, 3.8) is 0 Å². The zero-order valence-corrected chi connectivity index (χ0v) is 68.2. The number of phosphoric ester groups is 2. The lowest BCUT2D eigenvalue weighted by Crippen LogP contribution is -2.30. The number of hydrogen-bond acceptors (Lipinski definition) is 15. The lowest BCUT2D eigenvalue weighted by Gasteiger charge is -2.21. The average Bonchev–Trinajstić information content (AvgIpc) is 1.07. The summed E-state index contributed by atoms with van der Waals surface area (Å²) in [5.41, 5.74) is 0. The Morgan fingerprint density at radius 2 is 0.455 bits per heavy atom. The van der Waals surface area contributed by atoms with E-state index in [4.69, 9.17) is 37.0 Å². The molecule has 0 aliphatic heterocycles. The van der Waals surface area contributed by atoms with Crippen molar-refractivity contribution in [1.29, 1.82) is 0 Å². The Kier molecular flexibility index (Phi) is 70.9. The van der Waals surface area contributed by atoms with Gasteiger partial charge >= 0.3 is 39.5 Å². The summed E-state index contributed by atoms with van der Waals surface area (Å²) in [5, 5.41) is 10.6. The minimum absolute atomic E-state index is 0.107. The standard InChI is InChI=1S/C82H160O17P2/c1-8-9-10-11-12-13-35-42-49-56-63-79(84)92-69-77(98-82(87)66-59-52-45-38-31-25-24-28-34-41-48-55-62-75(6)7)71-96-100(88,89)94-67-76(83)68-95-101(90,91)97-72-78(70-93-80(85)64-57-50-43-36-29-22-19-18-21-27-33-40-47-54-61-74(4)5)99-81(86)65-58-51-44-37-30-23-17-15-14-16-20-26-32-39-46-53-60-73(2)3/h73-78,83H,8-72H2,1-7H3,(H,88,89)(H,90,91)/t76-,77+,78+/m0/s1. The fourth-order valence-corrected chi connectivity index (χ4v) is 14.2. The van der Waals surface area contributed by atoms with Crippen LogP contribution in [0.3, 0.4) is 0 Å². The molecule has 19 heteroatoms. The van der Waals surface area contributed by atoms with Gasteiger partial charge in [-0.3, -0.25) is 37.3 Å². The summed E-state index contributed by atoms with van der Waals surface area (Å²) >= 11 is 0. The summed E-state index contributed by atoms with van der Waals surface area (Å²) in [7, 11) is -9.92. The number of aliphatic hydroxyl groups is 1. The Morgan fingerprint density at radius 3 is 0.673 bits per heavy atom. The number of phosphoric acid groups is 2. The molecule has 0 spiro atoms. The van der Waals surface area contributed by atoms with Crippen molar-refractivity contribution in [3.05, 3.63) is 0 Å². The van der Waals surface area contributed by atoms with Gasteiger partial charge in [0.25, 0.3) is 0 Å². The number of esters is 4. The van der Waals surface area contributed by atoms with Gasteiger partial charge in [0.1, 0.15) is 19.3 Å². The van der Waals surface area contributed by atoms with Crippen molar-refractivity contribution < 1.29 is 80.2 Å². The fraction of sp³-hybridized carbons (Fsp3) is 0.951. The van der Waals surface area contributed by atoms with Gasteiger partial charge in [-0.15, -0.1) is 0 Å². The first-order valence-electron chi connectivity index (χ1n) is 42.3. The van der Waals surface area contributed by atoms with E-state index >= 15 is 0 Å². The maximum absolute atomic E-state index is 13.1. The maximum atomic E-state index is 13.1. The number of rotatable bonds is 80. The van der Waals surface area contributed by atoms with Gasteiger partial charge in [0, 0.05) is 25.7 Å². The number of carbonyl (C=O) groups excluding carboxylic acids is 4. The molecule has 0 bridgehead atoms. The summed E-state index contributed by atoms with van der Waals surface area (Å²) in [6.07, 6.45) is 61.0. The number of ether oxygens (including phenoxy) is 4. The van der Waals surface area contributed by atoms with Crippen molar-refractivity contribution >= 4 is 39.5 Å². The highest BCUT2D eigenvalue weighted by Crippen LogP contribution is 2.45. The summed E-state index contributed by atoms with van der Waals surface area (Å²) in [6.45, 7) is 12.0. The summed E-state index contributed by atoms with van der Waals surface area (Å²) in [6, 6.07) is 0. The van der Waals surface area contributed by atoms with Crippen LogP contribution in [0.25, 0.3) is 0 Å². The van der Waals surface area contributed by atoms with E-state index in [1.807, 2.05) is 0 Å². The van der Waals surface area contributed by atoms with E-state index in [1.54, 1.807) is 0 Å². The van der Waals surface area contributed by atoms with Crippen LogP contribution < -0.4 is 0 Å². The molecule has 3 N–H and O–H groups in total. The van der Waals surface area contributed by atoms with Gasteiger partial charge in [-0.1, -0.05) is 376 Å². The highest BCUT2D eigenvalue weighted by Gasteiger charge is 2.30. The topological polar surface area (TPSA) is 237 Å². The number of unbranched alkanes of at least 4 members (excludes halogenated alkanes) is 48. The first kappa shape index (κ1) is 99.1. The molecule has 5 atom stereocenters. The molecule has 0 aromatic rings. The molecule has 0 aromatic carbocycles. The van der Waals surface area contributed by atoms with Crippen LogP contribution in [0.15, 0.2) is 0 Å². The Morgan fingerprint density at radius 1 is 0.267 bits per heavy atom. The Hall–Kier alpha value is -1.94. The zero-order valence-electron chi connectivity index (χ0n) is 66.4. The smallest absolute Gasteiger partial charge is 0.462 e. The van der Waals surface area contributed by atoms with Crippen LogP contribution in [-0.4, -0.2) is 96.7 Å². The van der Waals surface area contributed by atoms with Crippen LogP contribution >= 0.6 is 15.6 Å². The van der Waals surface area contributed by atoms with Gasteiger partial charge in [0.15, 0.2) is 12.2 Å². The fourth-order valence-electron chi connectivity index (χ4n) is 12.7. The van der Waals surface area contributed by atoms with E-state index in [1.165, 1.54) is 238 Å². The van der Waals surface area contributed by atoms with Crippen LogP contribution in [0, 0.1) is 17.8 Å². The predicted molar refractivity (Wildman–Crippen MR) is 414 cm³/mol. The summed E-state index contributed by atoms with van der Waals surface area (Å²) in [5.74, 6) is 0.277. The largest absolute Gasteiger partial charge is 0.472 e. The second-order valence-corrected chi connectivity index (χ2v) is 33.8. The Bertz CT molecular complexity index is 1960. The third-order valence-corrected chi connectivity index (χ3v) is 21.0. The molecule has 0 radical (unpaired) electrons. The highest BCUT2D eigenvalue weighted by atomic mass is 31.2. The van der Waals surface area contributed by atoms with Gasteiger partial charge in [-0.25, -0.2) is 9.13 Å². The van der Waals surface area contributed by atoms with Crippen LogP contribution in [0.2, 0.25) is 0 Å². The molecule has 0 aliphatic carbocycles. The molecule has 0 rings (SSSR count). The Balaban J connectivity index is 5.24. The average molecular weight is 1480 g/mol.